The Kier molecular flexibility index (Phi) is 4.31. The van der Waals surface area contributed by atoms with Crippen LogP contribution >= 0.6 is 11.3 Å². The molecule has 0 radical (unpaired) electrons. The summed E-state index contributed by atoms with van der Waals surface area (Å²) in [7, 11) is 0. The molecule has 2 aromatic rings. The highest BCUT2D eigenvalue weighted by Crippen LogP contribution is 2.35. The largest absolute Gasteiger partial charge is 0.486 e. The van der Waals surface area contributed by atoms with Crippen molar-refractivity contribution in [1.29, 1.82) is 0 Å². The van der Waals surface area contributed by atoms with Gasteiger partial charge in [0.25, 0.3) is 5.91 Å². The number of aryl methyl sites for hydroxylation is 1. The monoisotopic (exact) mass is 346 g/mol. The summed E-state index contributed by atoms with van der Waals surface area (Å²) in [5, 5.41) is 0. The van der Waals surface area contributed by atoms with Crippen LogP contribution in [0.2, 0.25) is 0 Å². The normalized spacial score (nSPS) is 19.0. The molecule has 1 aliphatic carbocycles. The summed E-state index contributed by atoms with van der Waals surface area (Å²) < 4.78 is 14.5. The summed E-state index contributed by atoms with van der Waals surface area (Å²) in [5.41, 5.74) is 1.06. The Morgan fingerprint density at radius 3 is 2.62 bits per heavy atom. The molecule has 1 aliphatic heterocycles. The minimum Gasteiger partial charge on any atom is -0.486 e. The molecule has 0 saturated heterocycles. The maximum absolute atomic E-state index is 12.5. The van der Waals surface area contributed by atoms with E-state index in [0.29, 0.717) is 13.2 Å². The summed E-state index contributed by atoms with van der Waals surface area (Å²) in [5.74, 6) is 1.71. The molecule has 1 aromatic carbocycles. The third kappa shape index (κ3) is 2.83. The molecule has 1 fully saturated rings. The predicted molar refractivity (Wildman–Crippen MR) is 93.6 cm³/mol. The molecule has 1 aromatic heterocycles. The van der Waals surface area contributed by atoms with Crippen LogP contribution in [0.3, 0.4) is 0 Å². The Balaban J connectivity index is 1.77. The molecule has 6 heteroatoms. The van der Waals surface area contributed by atoms with E-state index in [2.05, 4.69) is 16.5 Å². The van der Waals surface area contributed by atoms with E-state index in [1.54, 1.807) is 11.3 Å². The van der Waals surface area contributed by atoms with Crippen LogP contribution in [0.1, 0.15) is 39.0 Å². The van der Waals surface area contributed by atoms with E-state index in [0.717, 1.165) is 58.7 Å². The fraction of sp³-hybridized carbons (Fsp3) is 0.556. The number of nitrogens with zero attached hydrogens (tertiary/aromatic N) is 2. The van der Waals surface area contributed by atoms with E-state index in [1.165, 1.54) is 6.42 Å². The number of hydrogen-bond donors (Lipinski definition) is 0. The minimum atomic E-state index is 0.0423. The number of thiazole rings is 1. The van der Waals surface area contributed by atoms with Crippen molar-refractivity contribution in [2.24, 2.45) is 10.9 Å². The fourth-order valence-electron chi connectivity index (χ4n) is 3.53. The standard InChI is InChI=1S/C18H22N2O3S/c1-2-20-13-10-14-15(23-9-8-22-14)11-16(13)24-18(20)19-17(21)12-6-4-3-5-7-12/h10-12H,2-9H2,1H3. The van der Waals surface area contributed by atoms with Crippen LogP contribution < -0.4 is 14.3 Å². The molecule has 0 unspecified atom stereocenters. The summed E-state index contributed by atoms with van der Waals surface area (Å²) in [6, 6.07) is 4.01. The van der Waals surface area contributed by atoms with Crippen LogP contribution in [0.25, 0.3) is 10.2 Å². The van der Waals surface area contributed by atoms with E-state index in [1.807, 2.05) is 12.1 Å². The highest BCUT2D eigenvalue weighted by Gasteiger charge is 2.21. The zero-order chi connectivity index (χ0) is 16.5. The summed E-state index contributed by atoms with van der Waals surface area (Å²) in [6.07, 6.45) is 5.50. The van der Waals surface area contributed by atoms with E-state index < -0.39 is 0 Å². The Bertz CT molecular complexity index is 831. The van der Waals surface area contributed by atoms with Crippen LogP contribution in [-0.2, 0) is 11.3 Å². The fourth-order valence-corrected chi connectivity index (χ4v) is 4.64. The zero-order valence-corrected chi connectivity index (χ0v) is 14.7. The summed E-state index contributed by atoms with van der Waals surface area (Å²) >= 11 is 1.55. The lowest BCUT2D eigenvalue weighted by atomic mass is 9.89. The van der Waals surface area contributed by atoms with Gasteiger partial charge in [-0.3, -0.25) is 4.79 Å². The Labute approximate surface area is 144 Å². The number of hydrogen-bond acceptors (Lipinski definition) is 4. The van der Waals surface area contributed by atoms with Gasteiger partial charge >= 0.3 is 0 Å². The van der Waals surface area contributed by atoms with Crippen molar-refractivity contribution in [3.8, 4) is 11.5 Å². The van der Waals surface area contributed by atoms with E-state index >= 15 is 0 Å². The molecule has 1 amide bonds. The van der Waals surface area contributed by atoms with Gasteiger partial charge in [0.05, 0.1) is 10.2 Å². The van der Waals surface area contributed by atoms with Gasteiger partial charge in [-0.2, -0.15) is 4.99 Å². The Morgan fingerprint density at radius 1 is 1.21 bits per heavy atom. The van der Waals surface area contributed by atoms with Gasteiger partial charge in [0.15, 0.2) is 16.3 Å². The molecule has 24 heavy (non-hydrogen) atoms. The molecule has 0 spiro atoms. The molecular formula is C18H22N2O3S. The second-order valence-corrected chi connectivity index (χ2v) is 7.39. The lowest BCUT2D eigenvalue weighted by Crippen LogP contribution is -2.21. The summed E-state index contributed by atoms with van der Waals surface area (Å²) in [6.45, 7) is 4.00. The first-order valence-electron chi connectivity index (χ1n) is 8.78. The SMILES string of the molecule is CCn1c(=NC(=O)C2CCCCC2)sc2cc3c(cc21)OCCO3. The number of fused-ring (bicyclic) bond motifs is 2. The summed E-state index contributed by atoms with van der Waals surface area (Å²) in [4.78, 5) is 17.8. The quantitative estimate of drug-likeness (QED) is 0.836. The van der Waals surface area contributed by atoms with Crippen molar-refractivity contribution in [2.75, 3.05) is 13.2 Å². The number of benzene rings is 1. The van der Waals surface area contributed by atoms with Crippen LogP contribution in [0.15, 0.2) is 17.1 Å². The van der Waals surface area contributed by atoms with Crippen LogP contribution in [-0.4, -0.2) is 23.7 Å². The van der Waals surface area contributed by atoms with Gasteiger partial charge in [0.2, 0.25) is 0 Å². The topological polar surface area (TPSA) is 52.8 Å². The van der Waals surface area contributed by atoms with Gasteiger partial charge in [-0.15, -0.1) is 0 Å². The average Bonchev–Trinajstić information content (AvgIpc) is 2.96. The maximum atomic E-state index is 12.5. The second-order valence-electron chi connectivity index (χ2n) is 6.38. The molecule has 0 bridgehead atoms. The lowest BCUT2D eigenvalue weighted by Gasteiger charge is -2.18. The van der Waals surface area contributed by atoms with Gasteiger partial charge in [0.1, 0.15) is 13.2 Å². The molecule has 0 N–H and O–H groups in total. The number of aromatic nitrogens is 1. The molecule has 1 saturated carbocycles. The van der Waals surface area contributed by atoms with Gasteiger partial charge in [-0.05, 0) is 19.8 Å². The van der Waals surface area contributed by atoms with Crippen LogP contribution in [0.4, 0.5) is 0 Å². The van der Waals surface area contributed by atoms with Crippen molar-refractivity contribution in [2.45, 2.75) is 45.6 Å². The first kappa shape index (κ1) is 15.7. The molecular weight excluding hydrogens is 324 g/mol. The van der Waals surface area contributed by atoms with Crippen molar-refractivity contribution >= 4 is 27.5 Å². The second kappa shape index (κ2) is 6.59. The molecule has 2 aliphatic rings. The lowest BCUT2D eigenvalue weighted by molar-refractivity contribution is -0.122. The van der Waals surface area contributed by atoms with Crippen LogP contribution in [0, 0.1) is 5.92 Å². The molecule has 4 rings (SSSR count). The molecule has 128 valence electrons. The van der Waals surface area contributed by atoms with Gasteiger partial charge < -0.3 is 14.0 Å². The van der Waals surface area contributed by atoms with Crippen molar-refractivity contribution in [3.05, 3.63) is 16.9 Å². The van der Waals surface area contributed by atoms with Crippen molar-refractivity contribution in [3.63, 3.8) is 0 Å². The average molecular weight is 346 g/mol. The first-order valence-corrected chi connectivity index (χ1v) is 9.59. The van der Waals surface area contributed by atoms with Crippen molar-refractivity contribution < 1.29 is 14.3 Å². The highest BCUT2D eigenvalue weighted by atomic mass is 32.1. The Morgan fingerprint density at radius 2 is 1.92 bits per heavy atom. The van der Waals surface area contributed by atoms with Crippen LogP contribution in [0.5, 0.6) is 11.5 Å². The van der Waals surface area contributed by atoms with Gasteiger partial charge in [-0.25, -0.2) is 0 Å². The van der Waals surface area contributed by atoms with E-state index in [-0.39, 0.29) is 11.8 Å². The minimum absolute atomic E-state index is 0.0423. The van der Waals surface area contributed by atoms with Gasteiger partial charge in [-0.1, -0.05) is 30.6 Å². The molecule has 2 heterocycles. The third-order valence-corrected chi connectivity index (χ3v) is 5.86. The third-order valence-electron chi connectivity index (χ3n) is 4.82. The highest BCUT2D eigenvalue weighted by molar-refractivity contribution is 7.16. The predicted octanol–water partition coefficient (Wildman–Crippen LogP) is 3.50. The molecule has 5 nitrogen and oxygen atoms in total. The van der Waals surface area contributed by atoms with E-state index in [9.17, 15) is 4.79 Å². The first-order chi connectivity index (χ1) is 11.8. The number of ether oxygens (including phenoxy) is 2. The van der Waals surface area contributed by atoms with Crippen molar-refractivity contribution in [1.82, 2.24) is 4.57 Å². The zero-order valence-electron chi connectivity index (χ0n) is 13.9. The number of carbonyl (C=O) groups is 1. The number of rotatable bonds is 2. The number of carbonyl (C=O) groups excluding carboxylic acids is 1. The number of amides is 1. The van der Waals surface area contributed by atoms with E-state index in [4.69, 9.17) is 9.47 Å². The van der Waals surface area contributed by atoms with Gasteiger partial charge in [0, 0.05) is 24.6 Å². The molecule has 0 atom stereocenters. The smallest absolute Gasteiger partial charge is 0.251 e. The Hall–Kier alpha value is -1.82. The maximum Gasteiger partial charge on any atom is 0.251 e.